The van der Waals surface area contributed by atoms with Crippen molar-refractivity contribution in [2.45, 2.75) is 25.7 Å². The summed E-state index contributed by atoms with van der Waals surface area (Å²) in [5.41, 5.74) is 0. The number of aliphatic hydroxyl groups excluding tert-OH is 1. The monoisotopic (exact) mass is 344 g/mol. The highest BCUT2D eigenvalue weighted by atomic mass is 32.2. The molecule has 0 fully saturated rings. The number of aliphatic hydroxyl groups is 1. The molecule has 0 aromatic heterocycles. The molecule has 0 atom stereocenters. The Bertz CT molecular complexity index is 542. The number of benzene rings is 1. The van der Waals surface area contributed by atoms with Gasteiger partial charge in [0.2, 0.25) is 10.0 Å². The molecule has 0 aliphatic heterocycles. The molecule has 0 heterocycles. The smallest absolute Gasteiger partial charge is 0.243 e. The lowest BCUT2D eigenvalue weighted by atomic mass is 10.3. The first-order valence-electron chi connectivity index (χ1n) is 8.05. The van der Waals surface area contributed by atoms with Gasteiger partial charge in [-0.3, -0.25) is 0 Å². The average Bonchev–Trinajstić information content (AvgIpc) is 2.55. The molecule has 0 unspecified atom stereocenters. The van der Waals surface area contributed by atoms with E-state index in [1.807, 2.05) is 20.8 Å². The van der Waals surface area contributed by atoms with Gasteiger partial charge in [0.05, 0.1) is 18.1 Å². The minimum Gasteiger partial charge on any atom is -0.494 e. The van der Waals surface area contributed by atoms with E-state index in [2.05, 4.69) is 4.90 Å². The molecule has 0 spiro atoms. The van der Waals surface area contributed by atoms with E-state index in [0.29, 0.717) is 25.4 Å². The van der Waals surface area contributed by atoms with E-state index < -0.39 is 10.0 Å². The number of ether oxygens (including phenoxy) is 1. The molecule has 1 aromatic carbocycles. The van der Waals surface area contributed by atoms with Crippen LogP contribution in [0.3, 0.4) is 0 Å². The van der Waals surface area contributed by atoms with Gasteiger partial charge in [-0.05, 0) is 44.3 Å². The van der Waals surface area contributed by atoms with Gasteiger partial charge in [-0.15, -0.1) is 0 Å². The van der Waals surface area contributed by atoms with Crippen molar-refractivity contribution in [3.05, 3.63) is 24.3 Å². The third-order valence-electron chi connectivity index (χ3n) is 3.68. The van der Waals surface area contributed by atoms with E-state index in [1.54, 1.807) is 24.3 Å². The standard InChI is InChI=1S/C16H28N2O4S/c1-4-17(5-2)11-12-18(13-14-19)23(20,21)16-9-7-15(8-10-16)22-6-3/h7-10,19H,4-6,11-14H2,1-3H3. The SMILES string of the molecule is CCOc1ccc(S(=O)(=O)N(CCO)CCN(CC)CC)cc1. The van der Waals surface area contributed by atoms with E-state index in [-0.39, 0.29) is 18.0 Å². The Morgan fingerprint density at radius 3 is 2.09 bits per heavy atom. The van der Waals surface area contributed by atoms with Crippen LogP contribution in [0.4, 0.5) is 0 Å². The van der Waals surface area contributed by atoms with Crippen molar-refractivity contribution < 1.29 is 18.3 Å². The van der Waals surface area contributed by atoms with Gasteiger partial charge in [-0.25, -0.2) is 8.42 Å². The Hall–Kier alpha value is -1.15. The molecule has 0 amide bonds. The van der Waals surface area contributed by atoms with Crippen LogP contribution in [0.15, 0.2) is 29.2 Å². The van der Waals surface area contributed by atoms with Gasteiger partial charge < -0.3 is 14.7 Å². The minimum atomic E-state index is -3.62. The van der Waals surface area contributed by atoms with E-state index in [9.17, 15) is 13.5 Å². The first-order chi connectivity index (χ1) is 11.0. The van der Waals surface area contributed by atoms with Crippen LogP contribution < -0.4 is 4.74 Å². The summed E-state index contributed by atoms with van der Waals surface area (Å²) in [5, 5.41) is 9.20. The Kier molecular flexibility index (Phi) is 8.54. The molecule has 132 valence electrons. The molecule has 0 saturated carbocycles. The van der Waals surface area contributed by atoms with Crippen molar-refractivity contribution in [2.75, 3.05) is 45.9 Å². The summed E-state index contributed by atoms with van der Waals surface area (Å²) >= 11 is 0. The van der Waals surface area contributed by atoms with Crippen molar-refractivity contribution in [2.24, 2.45) is 0 Å². The quantitative estimate of drug-likeness (QED) is 0.657. The molecule has 0 bridgehead atoms. The summed E-state index contributed by atoms with van der Waals surface area (Å²) in [6.45, 7) is 9.13. The molecular formula is C16H28N2O4S. The largest absolute Gasteiger partial charge is 0.494 e. The number of sulfonamides is 1. The topological polar surface area (TPSA) is 70.1 Å². The Morgan fingerprint density at radius 1 is 1.00 bits per heavy atom. The van der Waals surface area contributed by atoms with Crippen LogP contribution in [0.5, 0.6) is 5.75 Å². The molecule has 1 rings (SSSR count). The zero-order valence-corrected chi connectivity index (χ0v) is 15.1. The molecule has 0 saturated heterocycles. The van der Waals surface area contributed by atoms with Gasteiger partial charge in [0.15, 0.2) is 0 Å². The first kappa shape index (κ1) is 19.9. The summed E-state index contributed by atoms with van der Waals surface area (Å²) < 4.78 is 32.1. The van der Waals surface area contributed by atoms with Gasteiger partial charge in [0, 0.05) is 19.6 Å². The molecule has 1 aromatic rings. The van der Waals surface area contributed by atoms with Crippen molar-refractivity contribution >= 4 is 10.0 Å². The fraction of sp³-hybridized carbons (Fsp3) is 0.625. The third kappa shape index (κ3) is 5.76. The highest BCUT2D eigenvalue weighted by Crippen LogP contribution is 2.19. The lowest BCUT2D eigenvalue weighted by Gasteiger charge is -2.25. The van der Waals surface area contributed by atoms with Gasteiger partial charge in [0.1, 0.15) is 5.75 Å². The van der Waals surface area contributed by atoms with Gasteiger partial charge in [-0.2, -0.15) is 4.31 Å². The van der Waals surface area contributed by atoms with Crippen LogP contribution in [0.1, 0.15) is 20.8 Å². The number of nitrogens with zero attached hydrogens (tertiary/aromatic N) is 2. The van der Waals surface area contributed by atoms with Crippen LogP contribution in [0.2, 0.25) is 0 Å². The van der Waals surface area contributed by atoms with Crippen molar-refractivity contribution in [1.29, 1.82) is 0 Å². The molecule has 1 N–H and O–H groups in total. The number of hydrogen-bond acceptors (Lipinski definition) is 5. The Morgan fingerprint density at radius 2 is 1.61 bits per heavy atom. The summed E-state index contributed by atoms with van der Waals surface area (Å²) in [5.74, 6) is 0.642. The van der Waals surface area contributed by atoms with Gasteiger partial charge in [0.25, 0.3) is 0 Å². The summed E-state index contributed by atoms with van der Waals surface area (Å²) in [7, 11) is -3.62. The fourth-order valence-corrected chi connectivity index (χ4v) is 3.70. The summed E-state index contributed by atoms with van der Waals surface area (Å²) in [6, 6.07) is 6.39. The van der Waals surface area contributed by atoms with Crippen LogP contribution in [-0.4, -0.2) is 68.7 Å². The summed E-state index contributed by atoms with van der Waals surface area (Å²) in [4.78, 5) is 2.37. The van der Waals surface area contributed by atoms with Crippen LogP contribution in [-0.2, 0) is 10.0 Å². The lowest BCUT2D eigenvalue weighted by Crippen LogP contribution is -2.40. The second-order valence-electron chi connectivity index (χ2n) is 5.06. The molecule has 23 heavy (non-hydrogen) atoms. The molecule has 7 heteroatoms. The zero-order chi connectivity index (χ0) is 17.3. The van der Waals surface area contributed by atoms with E-state index in [4.69, 9.17) is 4.74 Å². The highest BCUT2D eigenvalue weighted by Gasteiger charge is 2.24. The van der Waals surface area contributed by atoms with E-state index in [0.717, 1.165) is 13.1 Å². The average molecular weight is 344 g/mol. The second-order valence-corrected chi connectivity index (χ2v) is 7.00. The maximum atomic E-state index is 12.7. The predicted octanol–water partition coefficient (Wildman–Crippen LogP) is 1.41. The maximum Gasteiger partial charge on any atom is 0.243 e. The Labute approximate surface area is 139 Å². The van der Waals surface area contributed by atoms with Crippen LogP contribution in [0, 0.1) is 0 Å². The van der Waals surface area contributed by atoms with Crippen LogP contribution in [0.25, 0.3) is 0 Å². The van der Waals surface area contributed by atoms with Crippen molar-refractivity contribution in [1.82, 2.24) is 9.21 Å². The number of hydrogen-bond donors (Lipinski definition) is 1. The first-order valence-corrected chi connectivity index (χ1v) is 9.49. The number of likely N-dealkylation sites (N-methyl/N-ethyl adjacent to an activating group) is 1. The van der Waals surface area contributed by atoms with Crippen LogP contribution >= 0.6 is 0 Å². The fourth-order valence-electron chi connectivity index (χ4n) is 2.28. The van der Waals surface area contributed by atoms with Gasteiger partial charge >= 0.3 is 0 Å². The van der Waals surface area contributed by atoms with Gasteiger partial charge in [-0.1, -0.05) is 13.8 Å². The molecule has 6 nitrogen and oxygen atoms in total. The van der Waals surface area contributed by atoms with E-state index in [1.165, 1.54) is 4.31 Å². The highest BCUT2D eigenvalue weighted by molar-refractivity contribution is 7.89. The van der Waals surface area contributed by atoms with E-state index >= 15 is 0 Å². The zero-order valence-electron chi connectivity index (χ0n) is 14.2. The molecule has 0 aliphatic rings. The van der Waals surface area contributed by atoms with Crippen molar-refractivity contribution in [3.63, 3.8) is 0 Å². The molecule has 0 radical (unpaired) electrons. The van der Waals surface area contributed by atoms with Crippen molar-refractivity contribution in [3.8, 4) is 5.75 Å². The predicted molar refractivity (Wildman–Crippen MR) is 91.2 cm³/mol. The third-order valence-corrected chi connectivity index (χ3v) is 5.59. The molecule has 0 aliphatic carbocycles. The maximum absolute atomic E-state index is 12.7. The minimum absolute atomic E-state index is 0.0941. The normalized spacial score (nSPS) is 12.1. The Balaban J connectivity index is 2.90. The summed E-state index contributed by atoms with van der Waals surface area (Å²) in [6.07, 6.45) is 0. The second kappa shape index (κ2) is 9.87. The molecular weight excluding hydrogens is 316 g/mol. The lowest BCUT2D eigenvalue weighted by molar-refractivity contribution is 0.229. The number of rotatable bonds is 11.